The van der Waals surface area contributed by atoms with Crippen LogP contribution in [0.3, 0.4) is 0 Å². The molecule has 0 saturated heterocycles. The molecule has 0 spiro atoms. The van der Waals surface area contributed by atoms with Crippen LogP contribution in [0.15, 0.2) is 113 Å². The van der Waals surface area contributed by atoms with Crippen LogP contribution in [0.5, 0.6) is 5.75 Å². The van der Waals surface area contributed by atoms with Gasteiger partial charge in [-0.1, -0.05) is 42.5 Å². The molecule has 0 radical (unpaired) electrons. The van der Waals surface area contributed by atoms with Gasteiger partial charge in [0, 0.05) is 6.42 Å². The maximum Gasteiger partial charge on any atom is 0.238 e. The van der Waals surface area contributed by atoms with Crippen LogP contribution in [0, 0.1) is 5.82 Å². The predicted molar refractivity (Wildman–Crippen MR) is 138 cm³/mol. The summed E-state index contributed by atoms with van der Waals surface area (Å²) in [6.45, 7) is 0.482. The lowest BCUT2D eigenvalue weighted by molar-refractivity contribution is 0.306. The Balaban J connectivity index is 1.40. The number of primary sulfonamides is 1. The Bertz CT molecular complexity index is 1470. The molecule has 1 heterocycles. The molecule has 0 bridgehead atoms. The van der Waals surface area contributed by atoms with E-state index in [4.69, 9.17) is 15.0 Å². The van der Waals surface area contributed by atoms with E-state index < -0.39 is 10.0 Å². The van der Waals surface area contributed by atoms with Crippen LogP contribution in [-0.4, -0.2) is 14.1 Å². The maximum atomic E-state index is 13.6. The Morgan fingerprint density at radius 1 is 0.889 bits per heavy atom. The Morgan fingerprint density at radius 3 is 2.19 bits per heavy atom. The van der Waals surface area contributed by atoms with E-state index in [1.54, 1.807) is 24.3 Å². The number of nitrogens with zero attached hydrogens (tertiary/aromatic N) is 2. The van der Waals surface area contributed by atoms with Crippen LogP contribution in [0.1, 0.15) is 29.2 Å². The summed E-state index contributed by atoms with van der Waals surface area (Å²) in [6.07, 6.45) is 0.590. The van der Waals surface area contributed by atoms with E-state index in [0.29, 0.717) is 18.7 Å². The van der Waals surface area contributed by atoms with Crippen LogP contribution in [-0.2, 0) is 16.6 Å². The van der Waals surface area contributed by atoms with Crippen LogP contribution < -0.4 is 14.9 Å². The maximum absolute atomic E-state index is 13.6. The first-order valence-electron chi connectivity index (χ1n) is 11.4. The second-order valence-corrected chi connectivity index (χ2v) is 10.1. The molecule has 36 heavy (non-hydrogen) atoms. The summed E-state index contributed by atoms with van der Waals surface area (Å²) in [5.74, 6) is 0.444. The molecule has 8 heteroatoms. The molecule has 1 unspecified atom stereocenters. The SMILES string of the molecule is NS(=O)(=O)c1ccc(N2N=C(c3ccc(OCc4ccccc4)cc3)CC2c2ccc(F)cc2)cc1. The Kier molecular flexibility index (Phi) is 6.54. The van der Waals surface area contributed by atoms with Crippen molar-refractivity contribution in [3.05, 3.63) is 126 Å². The van der Waals surface area contributed by atoms with E-state index in [0.717, 1.165) is 28.2 Å². The number of hydrogen-bond acceptors (Lipinski definition) is 5. The fraction of sp³-hybridized carbons (Fsp3) is 0.107. The summed E-state index contributed by atoms with van der Waals surface area (Å²) in [5.41, 5.74) is 4.49. The van der Waals surface area contributed by atoms with Gasteiger partial charge in [-0.25, -0.2) is 17.9 Å². The van der Waals surface area contributed by atoms with Crippen LogP contribution in [0.25, 0.3) is 0 Å². The molecule has 1 aliphatic rings. The lowest BCUT2D eigenvalue weighted by Crippen LogP contribution is -2.19. The van der Waals surface area contributed by atoms with Crippen molar-refractivity contribution in [3.63, 3.8) is 0 Å². The van der Waals surface area contributed by atoms with E-state index >= 15 is 0 Å². The molecular formula is C28H24FN3O3S. The molecular weight excluding hydrogens is 477 g/mol. The van der Waals surface area contributed by atoms with Crippen molar-refractivity contribution in [2.45, 2.75) is 24.0 Å². The molecule has 0 amide bonds. The molecule has 1 aliphatic heterocycles. The molecule has 1 atom stereocenters. The Morgan fingerprint density at radius 2 is 1.56 bits per heavy atom. The van der Waals surface area contributed by atoms with Gasteiger partial charge < -0.3 is 4.74 Å². The van der Waals surface area contributed by atoms with Crippen molar-refractivity contribution >= 4 is 21.4 Å². The number of hydrazone groups is 1. The van der Waals surface area contributed by atoms with Gasteiger partial charge in [0.05, 0.1) is 22.3 Å². The molecule has 6 nitrogen and oxygen atoms in total. The first-order valence-corrected chi connectivity index (χ1v) is 12.9. The molecule has 182 valence electrons. The average Bonchev–Trinajstić information content (AvgIpc) is 3.34. The standard InChI is InChI=1S/C28H24FN3O3S/c29-23-10-6-22(7-11-23)28-18-27(31-32(28)24-12-16-26(17-13-24)36(30,33)34)21-8-14-25(15-9-21)35-19-20-4-2-1-3-5-20/h1-17,28H,18-19H2,(H2,30,33,34). The van der Waals surface area contributed by atoms with Crippen molar-refractivity contribution in [2.24, 2.45) is 10.2 Å². The topological polar surface area (TPSA) is 85.0 Å². The first kappa shape index (κ1) is 23.7. The van der Waals surface area contributed by atoms with E-state index in [1.165, 1.54) is 24.3 Å². The van der Waals surface area contributed by atoms with Gasteiger partial charge in [0.1, 0.15) is 18.2 Å². The fourth-order valence-electron chi connectivity index (χ4n) is 4.14. The molecule has 0 saturated carbocycles. The van der Waals surface area contributed by atoms with Gasteiger partial charge in [-0.05, 0) is 77.4 Å². The van der Waals surface area contributed by atoms with Gasteiger partial charge >= 0.3 is 0 Å². The van der Waals surface area contributed by atoms with Crippen LogP contribution in [0.4, 0.5) is 10.1 Å². The Hall–Kier alpha value is -4.01. The zero-order valence-electron chi connectivity index (χ0n) is 19.3. The molecule has 2 N–H and O–H groups in total. The highest BCUT2D eigenvalue weighted by Crippen LogP contribution is 2.37. The number of halogens is 1. The first-order chi connectivity index (χ1) is 17.4. The summed E-state index contributed by atoms with van der Waals surface area (Å²) in [6, 6.07) is 30.1. The van der Waals surface area contributed by atoms with Gasteiger partial charge in [-0.2, -0.15) is 5.10 Å². The van der Waals surface area contributed by atoms with E-state index in [9.17, 15) is 12.8 Å². The van der Waals surface area contributed by atoms with Gasteiger partial charge in [0.2, 0.25) is 10.0 Å². The Labute approximate surface area is 209 Å². The number of hydrogen-bond donors (Lipinski definition) is 1. The molecule has 0 aliphatic carbocycles. The van der Waals surface area contributed by atoms with Crippen molar-refractivity contribution in [1.29, 1.82) is 0 Å². The van der Waals surface area contributed by atoms with E-state index in [-0.39, 0.29) is 16.8 Å². The summed E-state index contributed by atoms with van der Waals surface area (Å²) in [5, 5.41) is 11.9. The number of benzene rings is 4. The highest BCUT2D eigenvalue weighted by atomic mass is 32.2. The van der Waals surface area contributed by atoms with Gasteiger partial charge in [-0.15, -0.1) is 0 Å². The predicted octanol–water partition coefficient (Wildman–Crippen LogP) is 5.41. The lowest BCUT2D eigenvalue weighted by Gasteiger charge is -2.24. The summed E-state index contributed by atoms with van der Waals surface area (Å²) < 4.78 is 42.8. The molecule has 4 aromatic rings. The summed E-state index contributed by atoms with van der Waals surface area (Å²) in [4.78, 5) is 0.0269. The average molecular weight is 502 g/mol. The molecule has 0 aromatic heterocycles. The second-order valence-electron chi connectivity index (χ2n) is 8.50. The lowest BCUT2D eigenvalue weighted by atomic mass is 9.98. The number of anilines is 1. The smallest absolute Gasteiger partial charge is 0.238 e. The van der Waals surface area contributed by atoms with E-state index in [1.807, 2.05) is 59.6 Å². The normalized spacial score (nSPS) is 15.6. The number of sulfonamides is 1. The second kappa shape index (κ2) is 9.93. The number of ether oxygens (including phenoxy) is 1. The third-order valence-corrected chi connectivity index (χ3v) is 6.96. The van der Waals surface area contributed by atoms with Gasteiger partial charge in [-0.3, -0.25) is 5.01 Å². The molecule has 5 rings (SSSR count). The third-order valence-electron chi connectivity index (χ3n) is 6.03. The van der Waals surface area contributed by atoms with Gasteiger partial charge in [0.15, 0.2) is 0 Å². The zero-order valence-corrected chi connectivity index (χ0v) is 20.1. The summed E-state index contributed by atoms with van der Waals surface area (Å²) >= 11 is 0. The van der Waals surface area contributed by atoms with E-state index in [2.05, 4.69) is 0 Å². The van der Waals surface area contributed by atoms with Crippen LogP contribution >= 0.6 is 0 Å². The van der Waals surface area contributed by atoms with Crippen molar-refractivity contribution < 1.29 is 17.5 Å². The monoisotopic (exact) mass is 501 g/mol. The van der Waals surface area contributed by atoms with Crippen molar-refractivity contribution in [3.8, 4) is 5.75 Å². The minimum atomic E-state index is -3.80. The molecule has 0 fully saturated rings. The third kappa shape index (κ3) is 5.30. The van der Waals surface area contributed by atoms with Crippen molar-refractivity contribution in [1.82, 2.24) is 0 Å². The zero-order chi connectivity index (χ0) is 25.1. The highest BCUT2D eigenvalue weighted by Gasteiger charge is 2.30. The quantitative estimate of drug-likeness (QED) is 0.367. The minimum Gasteiger partial charge on any atom is -0.489 e. The number of rotatable bonds is 7. The number of nitrogens with two attached hydrogens (primary N) is 1. The van der Waals surface area contributed by atoms with Crippen molar-refractivity contribution in [2.75, 3.05) is 5.01 Å². The fourth-order valence-corrected chi connectivity index (χ4v) is 4.66. The van der Waals surface area contributed by atoms with Gasteiger partial charge in [0.25, 0.3) is 0 Å². The van der Waals surface area contributed by atoms with Crippen LogP contribution in [0.2, 0.25) is 0 Å². The minimum absolute atomic E-state index is 0.0269. The molecule has 4 aromatic carbocycles. The largest absolute Gasteiger partial charge is 0.489 e. The highest BCUT2D eigenvalue weighted by molar-refractivity contribution is 7.89. The summed E-state index contributed by atoms with van der Waals surface area (Å²) in [7, 11) is -3.80.